The number of carbonyl (C=O) groups excluding carboxylic acids is 1. The van der Waals surface area contributed by atoms with Crippen LogP contribution in [0.2, 0.25) is 0 Å². The first-order valence-electron chi connectivity index (χ1n) is 7.28. The molecule has 0 spiro atoms. The molecule has 1 aromatic heterocycles. The molecule has 4 nitrogen and oxygen atoms in total. The lowest BCUT2D eigenvalue weighted by molar-refractivity contribution is -0.137. The van der Waals surface area contributed by atoms with Crippen molar-refractivity contribution in [1.82, 2.24) is 10.1 Å². The van der Waals surface area contributed by atoms with E-state index >= 15 is 0 Å². The highest BCUT2D eigenvalue weighted by Gasteiger charge is 2.35. The molecule has 1 saturated heterocycles. The molecule has 0 aliphatic carbocycles. The second kappa shape index (κ2) is 5.72. The van der Waals surface area contributed by atoms with Gasteiger partial charge >= 0.3 is 6.18 Å². The Balaban J connectivity index is 1.87. The Morgan fingerprint density at radius 1 is 1.35 bits per heavy atom. The zero-order valence-electron chi connectivity index (χ0n) is 12.4. The van der Waals surface area contributed by atoms with Crippen LogP contribution in [0.5, 0.6) is 0 Å². The van der Waals surface area contributed by atoms with E-state index in [9.17, 15) is 18.0 Å². The minimum absolute atomic E-state index is 0.0305. The van der Waals surface area contributed by atoms with Crippen molar-refractivity contribution in [2.24, 2.45) is 0 Å². The Kier molecular flexibility index (Phi) is 3.87. The quantitative estimate of drug-likeness (QED) is 0.839. The molecule has 2 heterocycles. The number of likely N-dealkylation sites (tertiary alicyclic amines) is 1. The molecule has 1 unspecified atom stereocenters. The molecular formula is C16H15F3N2O2. The average Bonchev–Trinajstić information content (AvgIpc) is 3.14. The van der Waals surface area contributed by atoms with Gasteiger partial charge in [0.2, 0.25) is 0 Å². The van der Waals surface area contributed by atoms with E-state index in [0.717, 1.165) is 18.6 Å². The van der Waals surface area contributed by atoms with Gasteiger partial charge in [-0.1, -0.05) is 11.2 Å². The molecule has 1 aliphatic heterocycles. The topological polar surface area (TPSA) is 46.3 Å². The van der Waals surface area contributed by atoms with Gasteiger partial charge in [0.05, 0.1) is 17.3 Å². The fourth-order valence-corrected chi connectivity index (χ4v) is 2.84. The van der Waals surface area contributed by atoms with Gasteiger partial charge in [0.1, 0.15) is 0 Å². The highest BCUT2D eigenvalue weighted by Crippen LogP contribution is 2.34. The molecule has 1 aromatic carbocycles. The summed E-state index contributed by atoms with van der Waals surface area (Å²) in [6.07, 6.45) is -2.99. The monoisotopic (exact) mass is 324 g/mol. The number of hydrogen-bond donors (Lipinski definition) is 0. The molecule has 1 amide bonds. The molecule has 23 heavy (non-hydrogen) atoms. The number of aryl methyl sites for hydroxylation is 1. The molecule has 1 atom stereocenters. The molecule has 1 aliphatic rings. The molecular weight excluding hydrogens is 309 g/mol. The molecule has 0 N–H and O–H groups in total. The first-order chi connectivity index (χ1) is 10.9. The molecule has 0 radical (unpaired) electrons. The van der Waals surface area contributed by atoms with Crippen LogP contribution in [0, 0.1) is 6.92 Å². The number of carbonyl (C=O) groups is 1. The van der Waals surface area contributed by atoms with Gasteiger partial charge in [-0.05, 0) is 38.0 Å². The number of hydrogen-bond acceptors (Lipinski definition) is 3. The van der Waals surface area contributed by atoms with Crippen LogP contribution in [0.1, 0.15) is 46.3 Å². The van der Waals surface area contributed by atoms with E-state index in [1.54, 1.807) is 17.9 Å². The van der Waals surface area contributed by atoms with Gasteiger partial charge in [0.25, 0.3) is 5.91 Å². The summed E-state index contributed by atoms with van der Waals surface area (Å²) in [6.45, 7) is 2.26. The van der Waals surface area contributed by atoms with Crippen LogP contribution in [0.15, 0.2) is 34.9 Å². The number of halogens is 3. The lowest BCUT2D eigenvalue weighted by Gasteiger charge is -2.23. The fraction of sp³-hybridized carbons (Fsp3) is 0.375. The summed E-state index contributed by atoms with van der Waals surface area (Å²) in [5.74, 6) is 0.146. The number of alkyl halides is 3. The number of benzene rings is 1. The van der Waals surface area contributed by atoms with E-state index < -0.39 is 17.6 Å². The smallest absolute Gasteiger partial charge is 0.359 e. The van der Waals surface area contributed by atoms with Crippen LogP contribution < -0.4 is 0 Å². The normalized spacial score (nSPS) is 18.4. The molecule has 0 saturated carbocycles. The molecule has 0 bridgehead atoms. The lowest BCUT2D eigenvalue weighted by Crippen LogP contribution is -2.30. The maximum Gasteiger partial charge on any atom is 0.416 e. The van der Waals surface area contributed by atoms with Crippen molar-refractivity contribution in [3.63, 3.8) is 0 Å². The summed E-state index contributed by atoms with van der Waals surface area (Å²) >= 11 is 0. The van der Waals surface area contributed by atoms with Crippen LogP contribution >= 0.6 is 0 Å². The van der Waals surface area contributed by atoms with Crippen molar-refractivity contribution in [2.45, 2.75) is 32.0 Å². The SMILES string of the molecule is Cc1cc(C2CCCN2C(=O)c2cccc(C(F)(F)F)c2)on1. The Hall–Kier alpha value is -2.31. The Labute approximate surface area is 130 Å². The highest BCUT2D eigenvalue weighted by atomic mass is 19.4. The van der Waals surface area contributed by atoms with Gasteiger partial charge < -0.3 is 9.42 Å². The predicted molar refractivity (Wildman–Crippen MR) is 75.7 cm³/mol. The second-order valence-electron chi connectivity index (χ2n) is 5.61. The standard InChI is InChI=1S/C16H15F3N2O2/c1-10-8-14(23-20-10)13-6-3-7-21(13)15(22)11-4-2-5-12(9-11)16(17,18)19/h2,4-5,8-9,13H,3,6-7H2,1H3. The van der Waals surface area contributed by atoms with Crippen LogP contribution in [0.4, 0.5) is 13.2 Å². The van der Waals surface area contributed by atoms with E-state index in [0.29, 0.717) is 24.4 Å². The maximum atomic E-state index is 12.8. The minimum Gasteiger partial charge on any atom is -0.359 e. The summed E-state index contributed by atoms with van der Waals surface area (Å²) in [5, 5.41) is 3.81. The van der Waals surface area contributed by atoms with E-state index in [1.807, 2.05) is 0 Å². The van der Waals surface area contributed by atoms with Gasteiger partial charge in [0.15, 0.2) is 5.76 Å². The second-order valence-corrected chi connectivity index (χ2v) is 5.61. The van der Waals surface area contributed by atoms with Crippen molar-refractivity contribution in [1.29, 1.82) is 0 Å². The summed E-state index contributed by atoms with van der Waals surface area (Å²) in [5.41, 5.74) is -0.0871. The maximum absolute atomic E-state index is 12.8. The first-order valence-corrected chi connectivity index (χ1v) is 7.28. The van der Waals surface area contributed by atoms with Crippen LogP contribution in [-0.4, -0.2) is 22.5 Å². The average molecular weight is 324 g/mol. The third-order valence-electron chi connectivity index (χ3n) is 3.93. The minimum atomic E-state index is -4.47. The van der Waals surface area contributed by atoms with Crippen molar-refractivity contribution in [3.8, 4) is 0 Å². The van der Waals surface area contributed by atoms with E-state index in [-0.39, 0.29) is 11.6 Å². The Bertz CT molecular complexity index is 724. The highest BCUT2D eigenvalue weighted by molar-refractivity contribution is 5.94. The van der Waals surface area contributed by atoms with Gasteiger partial charge in [-0.15, -0.1) is 0 Å². The number of nitrogens with zero attached hydrogens (tertiary/aromatic N) is 2. The summed E-state index contributed by atoms with van der Waals surface area (Å²) in [7, 11) is 0. The van der Waals surface area contributed by atoms with Crippen molar-refractivity contribution in [3.05, 3.63) is 52.9 Å². The van der Waals surface area contributed by atoms with Crippen LogP contribution in [0.3, 0.4) is 0 Å². The predicted octanol–water partition coefficient (Wildman–Crippen LogP) is 3.98. The van der Waals surface area contributed by atoms with Gasteiger partial charge in [-0.3, -0.25) is 4.79 Å². The van der Waals surface area contributed by atoms with Crippen molar-refractivity contribution in [2.75, 3.05) is 6.54 Å². The van der Waals surface area contributed by atoms with Crippen molar-refractivity contribution < 1.29 is 22.5 Å². The number of amides is 1. The van der Waals surface area contributed by atoms with Gasteiger partial charge in [-0.25, -0.2) is 0 Å². The zero-order valence-corrected chi connectivity index (χ0v) is 12.4. The molecule has 7 heteroatoms. The summed E-state index contributed by atoms with van der Waals surface area (Å²) in [6, 6.07) is 5.97. The van der Waals surface area contributed by atoms with Gasteiger partial charge in [0, 0.05) is 18.2 Å². The molecule has 3 rings (SSSR count). The molecule has 122 valence electrons. The summed E-state index contributed by atoms with van der Waals surface area (Å²) < 4.78 is 43.6. The largest absolute Gasteiger partial charge is 0.416 e. The lowest BCUT2D eigenvalue weighted by atomic mass is 10.1. The van der Waals surface area contributed by atoms with E-state index in [4.69, 9.17) is 4.52 Å². The van der Waals surface area contributed by atoms with Crippen molar-refractivity contribution >= 4 is 5.91 Å². The summed E-state index contributed by atoms with van der Waals surface area (Å²) in [4.78, 5) is 14.2. The fourth-order valence-electron chi connectivity index (χ4n) is 2.84. The third kappa shape index (κ3) is 3.09. The van der Waals surface area contributed by atoms with Gasteiger partial charge in [-0.2, -0.15) is 13.2 Å². The van der Waals surface area contributed by atoms with E-state index in [1.165, 1.54) is 12.1 Å². The number of rotatable bonds is 2. The molecule has 1 fully saturated rings. The Morgan fingerprint density at radius 3 is 2.78 bits per heavy atom. The first kappa shape index (κ1) is 15.6. The van der Waals surface area contributed by atoms with Crippen LogP contribution in [0.25, 0.3) is 0 Å². The molecule has 2 aromatic rings. The third-order valence-corrected chi connectivity index (χ3v) is 3.93. The van der Waals surface area contributed by atoms with E-state index in [2.05, 4.69) is 5.16 Å². The van der Waals surface area contributed by atoms with Crippen LogP contribution in [-0.2, 0) is 6.18 Å². The number of aromatic nitrogens is 1. The Morgan fingerprint density at radius 2 is 2.13 bits per heavy atom. The zero-order chi connectivity index (χ0) is 16.6.